The number of hydrogen-bond acceptors (Lipinski definition) is 3. The highest BCUT2D eigenvalue weighted by Gasteiger charge is 2.47. The number of allylic oxidation sites excluding steroid dienone is 1. The van der Waals surface area contributed by atoms with Gasteiger partial charge in [0.2, 0.25) is 0 Å². The van der Waals surface area contributed by atoms with E-state index in [0.29, 0.717) is 5.92 Å². The van der Waals surface area contributed by atoms with Gasteiger partial charge in [0.05, 0.1) is 17.5 Å². The van der Waals surface area contributed by atoms with Crippen molar-refractivity contribution in [2.75, 3.05) is 6.61 Å². The van der Waals surface area contributed by atoms with Gasteiger partial charge in [0.25, 0.3) is 0 Å². The number of aliphatic carboxylic acids is 1. The van der Waals surface area contributed by atoms with Crippen molar-refractivity contribution >= 4 is 5.97 Å². The van der Waals surface area contributed by atoms with Crippen molar-refractivity contribution < 1.29 is 19.4 Å². The smallest absolute Gasteiger partial charge is 0.341 e. The molecule has 0 amide bonds. The third-order valence-corrected chi connectivity index (χ3v) is 7.70. The Hall–Kier alpha value is -1.03. The molecule has 6 atom stereocenters. The molecule has 1 fully saturated rings. The zero-order valence-corrected chi connectivity index (χ0v) is 20.5. The largest absolute Gasteiger partial charge is 0.486 e. The Morgan fingerprint density at radius 3 is 2.47 bits per heavy atom. The van der Waals surface area contributed by atoms with Crippen LogP contribution < -0.4 is 0 Å². The quantitative estimate of drug-likeness (QED) is 0.396. The minimum atomic E-state index is -0.914. The standard InChI is InChI=1S/C26H46O4/c1-17(2)10-8-11-18(3)12-9-14-26(7)15-13-22-21(6)24(29-16-23(27)28)19(4)20(5)25(22)30-26/h17-18,20-22,25H,8-16H2,1-7H3,(H,27,28)/t18?,20-,21-,22?,25?,26-/m1/s1. The fourth-order valence-corrected chi connectivity index (χ4v) is 5.55. The third-order valence-electron chi connectivity index (χ3n) is 7.70. The molecule has 3 unspecified atom stereocenters. The van der Waals surface area contributed by atoms with Gasteiger partial charge in [-0.25, -0.2) is 4.79 Å². The van der Waals surface area contributed by atoms with Crippen LogP contribution in [-0.4, -0.2) is 29.4 Å². The first-order valence-corrected chi connectivity index (χ1v) is 12.3. The third kappa shape index (κ3) is 6.73. The molecule has 4 heteroatoms. The van der Waals surface area contributed by atoms with Gasteiger partial charge < -0.3 is 14.6 Å². The van der Waals surface area contributed by atoms with E-state index in [1.54, 1.807) is 0 Å². The molecule has 0 spiro atoms. The first-order chi connectivity index (χ1) is 14.0. The van der Waals surface area contributed by atoms with E-state index in [1.807, 2.05) is 0 Å². The van der Waals surface area contributed by atoms with E-state index in [0.717, 1.165) is 42.4 Å². The van der Waals surface area contributed by atoms with Crippen molar-refractivity contribution in [3.63, 3.8) is 0 Å². The van der Waals surface area contributed by atoms with E-state index in [1.165, 1.54) is 32.1 Å². The molecule has 2 aliphatic rings. The fourth-order valence-electron chi connectivity index (χ4n) is 5.55. The molecule has 30 heavy (non-hydrogen) atoms. The van der Waals surface area contributed by atoms with E-state index in [9.17, 15) is 4.79 Å². The molecule has 0 radical (unpaired) electrons. The molecule has 1 heterocycles. The van der Waals surface area contributed by atoms with Crippen molar-refractivity contribution in [2.24, 2.45) is 29.6 Å². The first kappa shape index (κ1) is 25.2. The van der Waals surface area contributed by atoms with E-state index < -0.39 is 5.97 Å². The lowest BCUT2D eigenvalue weighted by molar-refractivity contribution is -0.177. The minimum Gasteiger partial charge on any atom is -0.486 e. The van der Waals surface area contributed by atoms with E-state index in [-0.39, 0.29) is 30.1 Å². The second kappa shape index (κ2) is 11.0. The van der Waals surface area contributed by atoms with Gasteiger partial charge in [0.15, 0.2) is 6.61 Å². The summed E-state index contributed by atoms with van der Waals surface area (Å²) in [4.78, 5) is 11.0. The van der Waals surface area contributed by atoms with Gasteiger partial charge in [-0.15, -0.1) is 0 Å². The molecule has 1 aliphatic heterocycles. The van der Waals surface area contributed by atoms with E-state index in [4.69, 9.17) is 14.6 Å². The minimum absolute atomic E-state index is 0.0352. The van der Waals surface area contributed by atoms with Crippen LogP contribution in [0.5, 0.6) is 0 Å². The lowest BCUT2D eigenvalue weighted by atomic mass is 9.68. The fraction of sp³-hybridized carbons (Fsp3) is 0.885. The van der Waals surface area contributed by atoms with Crippen molar-refractivity contribution in [2.45, 2.75) is 112 Å². The Bertz CT molecular complexity index is 596. The Balaban J connectivity index is 1.90. The second-order valence-corrected chi connectivity index (χ2v) is 10.9. The summed E-state index contributed by atoms with van der Waals surface area (Å²) in [6.07, 6.45) is 10.1. The van der Waals surface area contributed by atoms with Crippen LogP contribution in [0, 0.1) is 29.6 Å². The van der Waals surface area contributed by atoms with Crippen molar-refractivity contribution in [1.29, 1.82) is 0 Å². The summed E-state index contributed by atoms with van der Waals surface area (Å²) in [5.74, 6) is 2.48. The number of carbonyl (C=O) groups is 1. The molecule has 0 aromatic carbocycles. The number of carboxylic acids is 1. The van der Waals surface area contributed by atoms with Crippen LogP contribution >= 0.6 is 0 Å². The summed E-state index contributed by atoms with van der Waals surface area (Å²) in [5.41, 5.74) is 1.12. The molecular weight excluding hydrogens is 376 g/mol. The number of rotatable bonds is 11. The zero-order valence-electron chi connectivity index (χ0n) is 20.5. The predicted octanol–water partition coefficient (Wildman–Crippen LogP) is 6.83. The first-order valence-electron chi connectivity index (χ1n) is 12.3. The molecule has 0 aromatic rings. The van der Waals surface area contributed by atoms with Crippen LogP contribution in [0.25, 0.3) is 0 Å². The van der Waals surface area contributed by atoms with E-state index >= 15 is 0 Å². The maximum Gasteiger partial charge on any atom is 0.341 e. The monoisotopic (exact) mass is 422 g/mol. The summed E-state index contributed by atoms with van der Waals surface area (Å²) in [7, 11) is 0. The number of fused-ring (bicyclic) bond motifs is 1. The lowest BCUT2D eigenvalue weighted by Crippen LogP contribution is -2.50. The topological polar surface area (TPSA) is 55.8 Å². The highest BCUT2D eigenvalue weighted by Crippen LogP contribution is 2.48. The number of hydrogen-bond donors (Lipinski definition) is 1. The molecule has 0 bridgehead atoms. The van der Waals surface area contributed by atoms with Crippen LogP contribution in [0.3, 0.4) is 0 Å². The van der Waals surface area contributed by atoms with Crippen LogP contribution in [0.4, 0.5) is 0 Å². The summed E-state index contributed by atoms with van der Waals surface area (Å²) >= 11 is 0. The van der Waals surface area contributed by atoms with Crippen molar-refractivity contribution in [1.82, 2.24) is 0 Å². The normalized spacial score (nSPS) is 32.8. The summed E-state index contributed by atoms with van der Waals surface area (Å²) < 4.78 is 12.5. The van der Waals surface area contributed by atoms with Crippen molar-refractivity contribution in [3.05, 3.63) is 11.3 Å². The number of ether oxygens (including phenoxy) is 2. The number of carboxylic acid groups (broad SMARTS) is 1. The molecular formula is C26H46O4. The summed E-state index contributed by atoms with van der Waals surface area (Å²) in [5, 5.41) is 9.00. The molecule has 0 aromatic heterocycles. The average Bonchev–Trinajstić information content (AvgIpc) is 2.65. The zero-order chi connectivity index (χ0) is 22.5. The van der Waals surface area contributed by atoms with Gasteiger partial charge in [0.1, 0.15) is 0 Å². The Morgan fingerprint density at radius 1 is 1.17 bits per heavy atom. The predicted molar refractivity (Wildman–Crippen MR) is 122 cm³/mol. The maximum absolute atomic E-state index is 11.0. The summed E-state index contributed by atoms with van der Waals surface area (Å²) in [6, 6.07) is 0. The van der Waals surface area contributed by atoms with Gasteiger partial charge in [-0.3, -0.25) is 0 Å². The SMILES string of the molecule is CC1=C(OCC(=O)O)[C@H](C)C2CC[C@@](C)(CCCC(C)CCCC(C)C)OC2[C@@H]1C. The maximum atomic E-state index is 11.0. The van der Waals surface area contributed by atoms with Crippen LogP contribution in [-0.2, 0) is 14.3 Å². The molecule has 2 rings (SSSR count). The highest BCUT2D eigenvalue weighted by molar-refractivity contribution is 5.68. The van der Waals surface area contributed by atoms with Gasteiger partial charge in [-0.1, -0.05) is 66.7 Å². The summed E-state index contributed by atoms with van der Waals surface area (Å²) in [6.45, 7) is 15.5. The van der Waals surface area contributed by atoms with Gasteiger partial charge in [0, 0.05) is 11.8 Å². The molecule has 1 aliphatic carbocycles. The van der Waals surface area contributed by atoms with Crippen LogP contribution in [0.15, 0.2) is 11.3 Å². The van der Waals surface area contributed by atoms with Crippen LogP contribution in [0.2, 0.25) is 0 Å². The van der Waals surface area contributed by atoms with Crippen LogP contribution in [0.1, 0.15) is 99.8 Å². The molecule has 174 valence electrons. The van der Waals surface area contributed by atoms with Gasteiger partial charge >= 0.3 is 5.97 Å². The lowest BCUT2D eigenvalue weighted by Gasteiger charge is -2.50. The molecule has 4 nitrogen and oxygen atoms in total. The van der Waals surface area contributed by atoms with Gasteiger partial charge in [-0.2, -0.15) is 0 Å². The molecule has 1 saturated heterocycles. The average molecular weight is 423 g/mol. The molecule has 1 N–H and O–H groups in total. The van der Waals surface area contributed by atoms with E-state index in [2.05, 4.69) is 48.5 Å². The highest BCUT2D eigenvalue weighted by atomic mass is 16.5. The Morgan fingerprint density at radius 2 is 1.83 bits per heavy atom. The second-order valence-electron chi connectivity index (χ2n) is 10.9. The Labute approximate surface area is 184 Å². The van der Waals surface area contributed by atoms with Gasteiger partial charge in [-0.05, 0) is 56.4 Å². The molecule has 0 saturated carbocycles. The Kier molecular flexibility index (Phi) is 9.27. The van der Waals surface area contributed by atoms with Crippen molar-refractivity contribution in [3.8, 4) is 0 Å².